The number of hydrogen-bond acceptors (Lipinski definition) is 3. The first kappa shape index (κ1) is 9.32. The summed E-state index contributed by atoms with van der Waals surface area (Å²) < 4.78 is 0. The van der Waals surface area contributed by atoms with E-state index in [1.165, 1.54) is 0 Å². The molecule has 12 heavy (non-hydrogen) atoms. The third-order valence-corrected chi connectivity index (χ3v) is 2.19. The van der Waals surface area contributed by atoms with Gasteiger partial charge in [0.1, 0.15) is 0 Å². The summed E-state index contributed by atoms with van der Waals surface area (Å²) in [6.45, 7) is 2.82. The van der Waals surface area contributed by atoms with Gasteiger partial charge >= 0.3 is 0 Å². The number of hydrogen-bond donors (Lipinski definition) is 1. The average molecular weight is 170 g/mol. The van der Waals surface area contributed by atoms with Crippen molar-refractivity contribution >= 4 is 0 Å². The first-order chi connectivity index (χ1) is 5.86. The van der Waals surface area contributed by atoms with Gasteiger partial charge in [0.05, 0.1) is 6.61 Å². The van der Waals surface area contributed by atoms with E-state index in [9.17, 15) is 0 Å². The van der Waals surface area contributed by atoms with E-state index in [1.807, 2.05) is 0 Å². The van der Waals surface area contributed by atoms with E-state index in [0.29, 0.717) is 0 Å². The lowest BCUT2D eigenvalue weighted by Gasteiger charge is -2.28. The van der Waals surface area contributed by atoms with Crippen molar-refractivity contribution in [1.82, 2.24) is 4.90 Å². The van der Waals surface area contributed by atoms with Gasteiger partial charge in [-0.25, -0.2) is 0 Å². The summed E-state index contributed by atoms with van der Waals surface area (Å²) in [5.41, 5.74) is 8.19. The molecule has 5 heteroatoms. The van der Waals surface area contributed by atoms with Gasteiger partial charge in [-0.1, -0.05) is 5.11 Å². The van der Waals surface area contributed by atoms with Crippen LogP contribution in [0.5, 0.6) is 0 Å². The number of azide groups is 1. The molecule has 0 aliphatic carbocycles. The SMILES string of the molecule is [N-]=[N+]=NC1CCN(CCO)CC1. The largest absolute Gasteiger partial charge is 0.395 e. The van der Waals surface area contributed by atoms with Crippen molar-refractivity contribution in [2.75, 3.05) is 26.2 Å². The Bertz CT molecular complexity index is 170. The summed E-state index contributed by atoms with van der Waals surface area (Å²) in [5.74, 6) is 0. The van der Waals surface area contributed by atoms with E-state index in [1.54, 1.807) is 0 Å². The van der Waals surface area contributed by atoms with Gasteiger partial charge in [0, 0.05) is 17.5 Å². The number of aliphatic hydroxyl groups is 1. The molecular formula is C7H14N4O. The fourth-order valence-electron chi connectivity index (χ4n) is 1.47. The van der Waals surface area contributed by atoms with E-state index in [0.717, 1.165) is 32.5 Å². The summed E-state index contributed by atoms with van der Waals surface area (Å²) >= 11 is 0. The number of piperidine rings is 1. The van der Waals surface area contributed by atoms with Crippen LogP contribution in [-0.4, -0.2) is 42.3 Å². The minimum Gasteiger partial charge on any atom is -0.395 e. The second-order valence-corrected chi connectivity index (χ2v) is 3.00. The summed E-state index contributed by atoms with van der Waals surface area (Å²) in [4.78, 5) is 4.97. The number of rotatable bonds is 3. The highest BCUT2D eigenvalue weighted by Crippen LogP contribution is 2.12. The summed E-state index contributed by atoms with van der Waals surface area (Å²) in [6.07, 6.45) is 1.84. The van der Waals surface area contributed by atoms with E-state index in [2.05, 4.69) is 14.9 Å². The van der Waals surface area contributed by atoms with Crippen LogP contribution < -0.4 is 0 Å². The van der Waals surface area contributed by atoms with E-state index < -0.39 is 0 Å². The highest BCUT2D eigenvalue weighted by Gasteiger charge is 2.16. The second kappa shape index (κ2) is 4.98. The molecule has 0 unspecified atom stereocenters. The number of aliphatic hydroxyl groups excluding tert-OH is 1. The molecule has 5 nitrogen and oxygen atoms in total. The molecule has 0 aromatic rings. The van der Waals surface area contributed by atoms with Gasteiger partial charge in [0.15, 0.2) is 0 Å². The Labute approximate surface area is 71.6 Å². The normalized spacial score (nSPS) is 20.4. The Kier molecular flexibility index (Phi) is 3.87. The number of likely N-dealkylation sites (tertiary alicyclic amines) is 1. The molecule has 1 saturated heterocycles. The van der Waals surface area contributed by atoms with Gasteiger partial charge in [0.2, 0.25) is 0 Å². The lowest BCUT2D eigenvalue weighted by atomic mass is 10.1. The van der Waals surface area contributed by atoms with Gasteiger partial charge in [-0.05, 0) is 31.5 Å². The molecule has 0 spiro atoms. The molecule has 1 rings (SSSR count). The quantitative estimate of drug-likeness (QED) is 0.385. The minimum absolute atomic E-state index is 0.171. The van der Waals surface area contributed by atoms with E-state index in [-0.39, 0.29) is 12.6 Å². The molecule has 0 bridgehead atoms. The molecule has 1 heterocycles. The van der Waals surface area contributed by atoms with Crippen LogP contribution in [0.3, 0.4) is 0 Å². The molecule has 1 aliphatic rings. The maximum Gasteiger partial charge on any atom is 0.0558 e. The summed E-state index contributed by atoms with van der Waals surface area (Å²) in [7, 11) is 0. The van der Waals surface area contributed by atoms with Crippen molar-refractivity contribution in [1.29, 1.82) is 0 Å². The van der Waals surface area contributed by atoms with Crippen molar-refractivity contribution < 1.29 is 5.11 Å². The molecule has 0 aromatic heterocycles. The molecule has 0 saturated carbocycles. The monoisotopic (exact) mass is 170 g/mol. The fourth-order valence-corrected chi connectivity index (χ4v) is 1.47. The summed E-state index contributed by atoms with van der Waals surface area (Å²) in [5, 5.41) is 12.3. The van der Waals surface area contributed by atoms with Crippen LogP contribution in [-0.2, 0) is 0 Å². The van der Waals surface area contributed by atoms with Gasteiger partial charge in [0.25, 0.3) is 0 Å². The fraction of sp³-hybridized carbons (Fsp3) is 1.00. The highest BCUT2D eigenvalue weighted by molar-refractivity contribution is 4.76. The molecule has 0 radical (unpaired) electrons. The van der Waals surface area contributed by atoms with Gasteiger partial charge < -0.3 is 10.0 Å². The molecule has 1 N–H and O–H groups in total. The van der Waals surface area contributed by atoms with Crippen molar-refractivity contribution in [2.24, 2.45) is 5.11 Å². The molecule has 68 valence electrons. The topological polar surface area (TPSA) is 72.2 Å². The predicted molar refractivity (Wildman–Crippen MR) is 45.7 cm³/mol. The molecule has 1 aliphatic heterocycles. The standard InChI is InChI=1S/C7H14N4O/c8-10-9-7-1-3-11(4-2-7)5-6-12/h7,12H,1-6H2. The Morgan fingerprint density at radius 2 is 2.17 bits per heavy atom. The van der Waals surface area contributed by atoms with E-state index >= 15 is 0 Å². The maximum absolute atomic E-state index is 8.66. The highest BCUT2D eigenvalue weighted by atomic mass is 16.3. The van der Waals surface area contributed by atoms with Crippen LogP contribution in [0, 0.1) is 0 Å². The van der Waals surface area contributed by atoms with Crippen molar-refractivity contribution in [3.63, 3.8) is 0 Å². The lowest BCUT2D eigenvalue weighted by Crippen LogP contribution is -2.36. The Balaban J connectivity index is 2.24. The first-order valence-electron chi connectivity index (χ1n) is 4.24. The molecule has 0 amide bonds. The first-order valence-corrected chi connectivity index (χ1v) is 4.24. The molecule has 0 aromatic carbocycles. The smallest absolute Gasteiger partial charge is 0.0558 e. The third-order valence-electron chi connectivity index (χ3n) is 2.19. The number of nitrogens with zero attached hydrogens (tertiary/aromatic N) is 4. The van der Waals surface area contributed by atoms with Crippen LogP contribution in [0.1, 0.15) is 12.8 Å². The van der Waals surface area contributed by atoms with Crippen LogP contribution in [0.4, 0.5) is 0 Å². The average Bonchev–Trinajstić information content (AvgIpc) is 2.09. The zero-order chi connectivity index (χ0) is 8.81. The van der Waals surface area contributed by atoms with Crippen LogP contribution >= 0.6 is 0 Å². The molecule has 1 fully saturated rings. The molecule has 0 atom stereocenters. The summed E-state index contributed by atoms with van der Waals surface area (Å²) in [6, 6.07) is 0.171. The number of β-amino-alcohol motifs (C(OH)–C–C–N with tert-alkyl or cyclic N) is 1. The Morgan fingerprint density at radius 3 is 2.67 bits per heavy atom. The van der Waals surface area contributed by atoms with Gasteiger partial charge in [-0.3, -0.25) is 0 Å². The zero-order valence-electron chi connectivity index (χ0n) is 7.06. The Morgan fingerprint density at radius 1 is 1.50 bits per heavy atom. The minimum atomic E-state index is 0.171. The second-order valence-electron chi connectivity index (χ2n) is 3.00. The molecular weight excluding hydrogens is 156 g/mol. The maximum atomic E-state index is 8.66. The zero-order valence-corrected chi connectivity index (χ0v) is 7.06. The van der Waals surface area contributed by atoms with Gasteiger partial charge in [-0.2, -0.15) is 0 Å². The predicted octanol–water partition coefficient (Wildman–Crippen LogP) is 0.753. The van der Waals surface area contributed by atoms with Gasteiger partial charge in [-0.15, -0.1) is 0 Å². The Hall–Kier alpha value is -0.770. The third kappa shape index (κ3) is 2.70. The van der Waals surface area contributed by atoms with Crippen LogP contribution in [0.2, 0.25) is 0 Å². The van der Waals surface area contributed by atoms with Crippen LogP contribution in [0.15, 0.2) is 5.11 Å². The van der Waals surface area contributed by atoms with Crippen LogP contribution in [0.25, 0.3) is 10.4 Å². The van der Waals surface area contributed by atoms with Crippen molar-refractivity contribution in [3.8, 4) is 0 Å². The van der Waals surface area contributed by atoms with E-state index in [4.69, 9.17) is 10.6 Å². The van der Waals surface area contributed by atoms with Crippen molar-refractivity contribution in [3.05, 3.63) is 10.4 Å². The van der Waals surface area contributed by atoms with Crippen molar-refractivity contribution in [2.45, 2.75) is 18.9 Å². The lowest BCUT2D eigenvalue weighted by molar-refractivity contribution is 0.165.